The highest BCUT2D eigenvalue weighted by Crippen LogP contribution is 2.29. The molecule has 0 heterocycles. The first-order chi connectivity index (χ1) is 12.2. The molecule has 0 aliphatic carbocycles. The summed E-state index contributed by atoms with van der Waals surface area (Å²) in [5.74, 6) is -0.618. The van der Waals surface area contributed by atoms with Gasteiger partial charge >= 0.3 is 0 Å². The predicted molar refractivity (Wildman–Crippen MR) is 96.4 cm³/mol. The number of amides is 1. The van der Waals surface area contributed by atoms with Crippen LogP contribution in [0.5, 0.6) is 0 Å². The van der Waals surface area contributed by atoms with E-state index in [1.54, 1.807) is 0 Å². The van der Waals surface area contributed by atoms with Gasteiger partial charge in [0, 0.05) is 38.5 Å². The Morgan fingerprint density at radius 2 is 1.54 bits per heavy atom. The number of hydrogen-bond acceptors (Lipinski definition) is 6. The zero-order valence-corrected chi connectivity index (χ0v) is 14.6. The van der Waals surface area contributed by atoms with Crippen LogP contribution in [-0.2, 0) is 6.54 Å². The lowest BCUT2D eigenvalue weighted by Gasteiger charge is -2.13. The highest BCUT2D eigenvalue weighted by Gasteiger charge is 2.25. The quantitative estimate of drug-likeness (QED) is 0.626. The molecule has 9 nitrogen and oxygen atoms in total. The average Bonchev–Trinajstić information content (AvgIpc) is 2.59. The maximum Gasteiger partial charge on any atom is 0.279 e. The first kappa shape index (κ1) is 18.8. The molecule has 0 saturated heterocycles. The molecule has 2 aromatic rings. The molecule has 1 N–H and O–H groups in total. The Bertz CT molecular complexity index is 827. The van der Waals surface area contributed by atoms with Crippen LogP contribution in [0.4, 0.5) is 17.1 Å². The molecule has 0 fully saturated rings. The van der Waals surface area contributed by atoms with Crippen molar-refractivity contribution in [3.8, 4) is 0 Å². The van der Waals surface area contributed by atoms with Gasteiger partial charge in [0.05, 0.1) is 15.4 Å². The summed E-state index contributed by atoms with van der Waals surface area (Å²) in [7, 11) is 3.82. The molecule has 9 heteroatoms. The van der Waals surface area contributed by atoms with Gasteiger partial charge in [-0.2, -0.15) is 0 Å². The molecule has 0 aliphatic rings. The van der Waals surface area contributed by atoms with Gasteiger partial charge in [-0.1, -0.05) is 12.1 Å². The minimum atomic E-state index is -0.737. The number of nitrogens with one attached hydrogen (secondary N) is 1. The fraction of sp³-hybridized carbons (Fsp3) is 0.235. The standard InChI is InChI=1S/C17H18N4O5/c1-11-15(20(23)24)8-13(9-16(11)21(25)26)17(22)18-10-12-4-6-14(7-5-12)19(2)3/h4-9H,10H2,1-3H3,(H,18,22). The van der Waals surface area contributed by atoms with Crippen molar-refractivity contribution in [2.75, 3.05) is 19.0 Å². The van der Waals surface area contributed by atoms with Crippen LogP contribution in [-0.4, -0.2) is 29.8 Å². The largest absolute Gasteiger partial charge is 0.378 e. The Morgan fingerprint density at radius 3 is 1.96 bits per heavy atom. The van der Waals surface area contributed by atoms with E-state index in [0.717, 1.165) is 23.4 Å². The smallest absolute Gasteiger partial charge is 0.279 e. The molecular weight excluding hydrogens is 340 g/mol. The molecule has 0 radical (unpaired) electrons. The van der Waals surface area contributed by atoms with Crippen molar-refractivity contribution in [2.24, 2.45) is 0 Å². The van der Waals surface area contributed by atoms with E-state index in [2.05, 4.69) is 5.32 Å². The van der Waals surface area contributed by atoms with Gasteiger partial charge in [0.15, 0.2) is 0 Å². The summed E-state index contributed by atoms with van der Waals surface area (Å²) in [6.07, 6.45) is 0. The average molecular weight is 358 g/mol. The number of anilines is 1. The number of benzene rings is 2. The van der Waals surface area contributed by atoms with Crippen LogP contribution < -0.4 is 10.2 Å². The van der Waals surface area contributed by atoms with Crippen molar-refractivity contribution in [1.82, 2.24) is 5.32 Å². The van der Waals surface area contributed by atoms with Gasteiger partial charge in [-0.15, -0.1) is 0 Å². The molecule has 0 spiro atoms. The van der Waals surface area contributed by atoms with Crippen LogP contribution in [0, 0.1) is 27.2 Å². The van der Waals surface area contributed by atoms with Gasteiger partial charge in [0.1, 0.15) is 5.56 Å². The molecule has 136 valence electrons. The lowest BCUT2D eigenvalue weighted by molar-refractivity contribution is -0.395. The van der Waals surface area contributed by atoms with Gasteiger partial charge in [-0.05, 0) is 24.6 Å². The van der Waals surface area contributed by atoms with Crippen LogP contribution in [0.15, 0.2) is 36.4 Å². The number of rotatable bonds is 6. The Morgan fingerprint density at radius 1 is 1.04 bits per heavy atom. The van der Waals surface area contributed by atoms with Crippen molar-refractivity contribution in [2.45, 2.75) is 13.5 Å². The fourth-order valence-electron chi connectivity index (χ4n) is 2.39. The van der Waals surface area contributed by atoms with Crippen LogP contribution >= 0.6 is 0 Å². The number of carbonyl (C=O) groups excluding carboxylic acids is 1. The van der Waals surface area contributed by atoms with Crippen molar-refractivity contribution in [1.29, 1.82) is 0 Å². The predicted octanol–water partition coefficient (Wildman–Crippen LogP) is 2.81. The van der Waals surface area contributed by atoms with E-state index >= 15 is 0 Å². The minimum absolute atomic E-state index is 0.0872. The summed E-state index contributed by atoms with van der Waals surface area (Å²) in [5.41, 5.74) is 0.707. The SMILES string of the molecule is Cc1c([N+](=O)[O-])cc(C(=O)NCc2ccc(N(C)C)cc2)cc1[N+](=O)[O-]. The van der Waals surface area contributed by atoms with E-state index in [0.29, 0.717) is 0 Å². The highest BCUT2D eigenvalue weighted by atomic mass is 16.6. The maximum atomic E-state index is 12.3. The first-order valence-electron chi connectivity index (χ1n) is 7.68. The molecule has 0 unspecified atom stereocenters. The van der Waals surface area contributed by atoms with Crippen molar-refractivity contribution in [3.63, 3.8) is 0 Å². The maximum absolute atomic E-state index is 12.3. The molecule has 1 amide bonds. The van der Waals surface area contributed by atoms with Gasteiger partial charge in [-0.3, -0.25) is 25.0 Å². The fourth-order valence-corrected chi connectivity index (χ4v) is 2.39. The second-order valence-electron chi connectivity index (χ2n) is 5.90. The number of nitro groups is 2. The number of carbonyl (C=O) groups is 1. The van der Waals surface area contributed by atoms with Crippen LogP contribution in [0.1, 0.15) is 21.5 Å². The van der Waals surface area contributed by atoms with Crippen LogP contribution in [0.3, 0.4) is 0 Å². The Balaban J connectivity index is 2.21. The van der Waals surface area contributed by atoms with Gasteiger partial charge in [0.25, 0.3) is 17.3 Å². The summed E-state index contributed by atoms with van der Waals surface area (Å²) >= 11 is 0. The lowest BCUT2D eigenvalue weighted by Crippen LogP contribution is -2.23. The summed E-state index contributed by atoms with van der Waals surface area (Å²) in [4.78, 5) is 34.9. The zero-order valence-electron chi connectivity index (χ0n) is 14.6. The molecule has 0 atom stereocenters. The summed E-state index contributed by atoms with van der Waals surface area (Å²) in [5, 5.41) is 24.8. The third-order valence-electron chi connectivity index (χ3n) is 3.91. The van der Waals surface area contributed by atoms with Crippen LogP contribution in [0.25, 0.3) is 0 Å². The summed E-state index contributed by atoms with van der Waals surface area (Å²) < 4.78 is 0. The molecular formula is C17H18N4O5. The summed E-state index contributed by atoms with van der Waals surface area (Å²) in [6, 6.07) is 9.57. The number of nitro benzene ring substituents is 2. The van der Waals surface area contributed by atoms with Crippen LogP contribution in [0.2, 0.25) is 0 Å². The van der Waals surface area contributed by atoms with E-state index in [4.69, 9.17) is 0 Å². The Kier molecular flexibility index (Phi) is 5.51. The summed E-state index contributed by atoms with van der Waals surface area (Å²) in [6.45, 7) is 1.48. The second-order valence-corrected chi connectivity index (χ2v) is 5.90. The molecule has 0 aliphatic heterocycles. The monoisotopic (exact) mass is 358 g/mol. The molecule has 26 heavy (non-hydrogen) atoms. The third kappa shape index (κ3) is 4.12. The molecule has 0 bridgehead atoms. The number of nitrogens with zero attached hydrogens (tertiary/aromatic N) is 3. The van der Waals surface area contributed by atoms with E-state index < -0.39 is 27.1 Å². The first-order valence-corrected chi connectivity index (χ1v) is 7.68. The highest BCUT2D eigenvalue weighted by molar-refractivity contribution is 5.96. The zero-order chi connectivity index (χ0) is 19.4. The van der Waals surface area contributed by atoms with Crippen molar-refractivity contribution < 1.29 is 14.6 Å². The molecule has 2 aromatic carbocycles. The normalized spacial score (nSPS) is 10.3. The van der Waals surface area contributed by atoms with Gasteiger partial charge < -0.3 is 10.2 Å². The van der Waals surface area contributed by atoms with E-state index in [-0.39, 0.29) is 17.7 Å². The Labute approximate surface area is 149 Å². The van der Waals surface area contributed by atoms with Crippen molar-refractivity contribution >= 4 is 23.0 Å². The van der Waals surface area contributed by atoms with Gasteiger partial charge in [0.2, 0.25) is 0 Å². The lowest BCUT2D eigenvalue weighted by atomic mass is 10.1. The third-order valence-corrected chi connectivity index (χ3v) is 3.91. The number of hydrogen-bond donors (Lipinski definition) is 1. The topological polar surface area (TPSA) is 119 Å². The minimum Gasteiger partial charge on any atom is -0.378 e. The van der Waals surface area contributed by atoms with Gasteiger partial charge in [-0.25, -0.2) is 0 Å². The van der Waals surface area contributed by atoms with E-state index in [9.17, 15) is 25.0 Å². The van der Waals surface area contributed by atoms with E-state index in [1.165, 1.54) is 6.92 Å². The molecule has 0 saturated carbocycles. The van der Waals surface area contributed by atoms with Crippen molar-refractivity contribution in [3.05, 3.63) is 73.3 Å². The van der Waals surface area contributed by atoms with E-state index in [1.807, 2.05) is 43.3 Å². The second kappa shape index (κ2) is 7.60. The molecule has 0 aromatic heterocycles. The molecule has 2 rings (SSSR count). The Hall–Kier alpha value is -3.49.